The van der Waals surface area contributed by atoms with Crippen LogP contribution in [0.5, 0.6) is 0 Å². The third-order valence-corrected chi connectivity index (χ3v) is 4.17. The molecule has 0 amide bonds. The van der Waals surface area contributed by atoms with Crippen molar-refractivity contribution in [3.8, 4) is 0 Å². The van der Waals surface area contributed by atoms with Crippen molar-refractivity contribution < 1.29 is 4.74 Å². The van der Waals surface area contributed by atoms with Crippen molar-refractivity contribution in [2.75, 3.05) is 18.1 Å². The molecule has 0 saturated carbocycles. The van der Waals surface area contributed by atoms with Crippen LogP contribution in [0.2, 0.25) is 0 Å². The smallest absolute Gasteiger partial charge is 0.195 e. The fraction of sp³-hybridized carbons (Fsp3) is 0.583. The Morgan fingerprint density at radius 2 is 2.39 bits per heavy atom. The highest BCUT2D eigenvalue weighted by molar-refractivity contribution is 7.15. The minimum Gasteiger partial charge on any atom is -0.375 e. The topological polar surface area (TPSA) is 55.8 Å². The number of aromatic nitrogens is 2. The lowest BCUT2D eigenvalue weighted by atomic mass is 10.2. The van der Waals surface area contributed by atoms with Gasteiger partial charge in [-0.2, -0.15) is 0 Å². The summed E-state index contributed by atoms with van der Waals surface area (Å²) in [6.07, 6.45) is 2.28. The van der Waals surface area contributed by atoms with Gasteiger partial charge in [-0.1, -0.05) is 0 Å². The molecule has 6 heteroatoms. The molecule has 2 aromatic heterocycles. The van der Waals surface area contributed by atoms with Crippen LogP contribution in [0.3, 0.4) is 0 Å². The summed E-state index contributed by atoms with van der Waals surface area (Å²) in [5.41, 5.74) is 6.98. The number of ether oxygens (including phenoxy) is 1. The summed E-state index contributed by atoms with van der Waals surface area (Å²) in [4.78, 5) is 8.05. The number of rotatable bonds is 2. The minimum absolute atomic E-state index is 0.242. The van der Waals surface area contributed by atoms with E-state index in [1.165, 1.54) is 0 Å². The van der Waals surface area contributed by atoms with Gasteiger partial charge in [0.2, 0.25) is 0 Å². The molecule has 1 aliphatic heterocycles. The maximum absolute atomic E-state index is 5.89. The normalized spacial score (nSPS) is 24.9. The lowest BCUT2D eigenvalue weighted by molar-refractivity contribution is 0.0340. The monoisotopic (exact) mass is 266 g/mol. The molecule has 0 radical (unpaired) electrons. The predicted molar refractivity (Wildman–Crippen MR) is 73.2 cm³/mol. The standard InChI is InChI=1S/C12H18N4OS/c1-8-7-17-9(2)6-16(8)11-10(5-13)15-3-4-18-12(15)14-11/h3-4,8-9H,5-7,13H2,1-2H3. The molecule has 0 aliphatic carbocycles. The Labute approximate surface area is 110 Å². The molecule has 2 aromatic rings. The number of morpholine rings is 1. The summed E-state index contributed by atoms with van der Waals surface area (Å²) >= 11 is 1.64. The lowest BCUT2D eigenvalue weighted by Crippen LogP contribution is -2.48. The molecule has 18 heavy (non-hydrogen) atoms. The lowest BCUT2D eigenvalue weighted by Gasteiger charge is -2.37. The van der Waals surface area contributed by atoms with Gasteiger partial charge in [-0.25, -0.2) is 4.98 Å². The number of nitrogens with two attached hydrogens (primary N) is 1. The Morgan fingerprint density at radius 1 is 1.56 bits per heavy atom. The number of hydrogen-bond acceptors (Lipinski definition) is 5. The number of fused-ring (bicyclic) bond motifs is 1. The molecule has 0 spiro atoms. The van der Waals surface area contributed by atoms with Gasteiger partial charge in [0.1, 0.15) is 0 Å². The zero-order valence-corrected chi connectivity index (χ0v) is 11.5. The van der Waals surface area contributed by atoms with Crippen LogP contribution in [-0.4, -0.2) is 34.7 Å². The zero-order valence-electron chi connectivity index (χ0n) is 10.7. The molecule has 3 rings (SSSR count). The summed E-state index contributed by atoms with van der Waals surface area (Å²) in [5.74, 6) is 1.02. The van der Waals surface area contributed by atoms with Crippen molar-refractivity contribution >= 4 is 22.1 Å². The van der Waals surface area contributed by atoms with Crippen LogP contribution >= 0.6 is 11.3 Å². The number of thiazole rings is 1. The molecule has 2 unspecified atom stereocenters. The first-order valence-corrected chi connectivity index (χ1v) is 7.11. The third-order valence-electron chi connectivity index (χ3n) is 3.41. The molecule has 1 fully saturated rings. The van der Waals surface area contributed by atoms with E-state index in [-0.39, 0.29) is 6.10 Å². The summed E-state index contributed by atoms with van der Waals surface area (Å²) < 4.78 is 7.76. The highest BCUT2D eigenvalue weighted by Gasteiger charge is 2.28. The van der Waals surface area contributed by atoms with Crippen molar-refractivity contribution in [1.29, 1.82) is 0 Å². The Morgan fingerprint density at radius 3 is 3.17 bits per heavy atom. The first-order chi connectivity index (χ1) is 8.70. The van der Waals surface area contributed by atoms with Gasteiger partial charge in [-0.15, -0.1) is 11.3 Å². The average Bonchev–Trinajstić information content (AvgIpc) is 2.91. The molecule has 3 heterocycles. The molecular weight excluding hydrogens is 248 g/mol. The predicted octanol–water partition coefficient (Wildman–Crippen LogP) is 1.47. The van der Waals surface area contributed by atoms with Crippen LogP contribution in [0.4, 0.5) is 5.82 Å². The Balaban J connectivity index is 2.04. The number of anilines is 1. The molecule has 0 aromatic carbocycles. The SMILES string of the molecule is CC1CN(c2nc3sccn3c2CN)C(C)CO1. The molecule has 5 nitrogen and oxygen atoms in total. The van der Waals surface area contributed by atoms with Gasteiger partial charge in [0.05, 0.1) is 24.4 Å². The van der Waals surface area contributed by atoms with Crippen LogP contribution in [0.1, 0.15) is 19.5 Å². The summed E-state index contributed by atoms with van der Waals surface area (Å²) in [6, 6.07) is 0.344. The van der Waals surface area contributed by atoms with E-state index in [1.54, 1.807) is 11.3 Å². The summed E-state index contributed by atoms with van der Waals surface area (Å²) in [7, 11) is 0. The van der Waals surface area contributed by atoms with Gasteiger partial charge in [0.25, 0.3) is 0 Å². The van der Waals surface area contributed by atoms with E-state index in [0.29, 0.717) is 12.6 Å². The van der Waals surface area contributed by atoms with E-state index in [4.69, 9.17) is 15.5 Å². The van der Waals surface area contributed by atoms with Gasteiger partial charge < -0.3 is 15.4 Å². The highest BCUT2D eigenvalue weighted by Crippen LogP contribution is 2.27. The molecule has 98 valence electrons. The van der Waals surface area contributed by atoms with Crippen LogP contribution in [-0.2, 0) is 11.3 Å². The summed E-state index contributed by atoms with van der Waals surface area (Å²) in [5, 5.41) is 2.04. The van der Waals surface area contributed by atoms with Crippen molar-refractivity contribution in [3.63, 3.8) is 0 Å². The van der Waals surface area contributed by atoms with Gasteiger partial charge in [-0.05, 0) is 13.8 Å². The zero-order chi connectivity index (χ0) is 12.7. The van der Waals surface area contributed by atoms with E-state index in [0.717, 1.165) is 29.6 Å². The van der Waals surface area contributed by atoms with Crippen LogP contribution in [0.25, 0.3) is 4.96 Å². The number of imidazole rings is 1. The van der Waals surface area contributed by atoms with Crippen LogP contribution in [0, 0.1) is 0 Å². The Bertz CT molecular complexity index is 549. The molecule has 0 bridgehead atoms. The quantitative estimate of drug-likeness (QED) is 0.894. The van der Waals surface area contributed by atoms with E-state index >= 15 is 0 Å². The van der Waals surface area contributed by atoms with Crippen LogP contribution < -0.4 is 10.6 Å². The van der Waals surface area contributed by atoms with Crippen LogP contribution in [0.15, 0.2) is 11.6 Å². The van der Waals surface area contributed by atoms with Gasteiger partial charge in [-0.3, -0.25) is 4.40 Å². The number of hydrogen-bond donors (Lipinski definition) is 1. The maximum Gasteiger partial charge on any atom is 0.195 e. The van der Waals surface area contributed by atoms with E-state index < -0.39 is 0 Å². The van der Waals surface area contributed by atoms with E-state index in [1.807, 2.05) is 11.6 Å². The van der Waals surface area contributed by atoms with Gasteiger partial charge >= 0.3 is 0 Å². The number of nitrogens with zero attached hydrogens (tertiary/aromatic N) is 3. The van der Waals surface area contributed by atoms with Gasteiger partial charge in [0, 0.05) is 24.7 Å². The second-order valence-electron chi connectivity index (χ2n) is 4.79. The minimum atomic E-state index is 0.242. The fourth-order valence-electron chi connectivity index (χ4n) is 2.44. The molecule has 1 aliphatic rings. The first kappa shape index (κ1) is 12.0. The molecule has 2 atom stereocenters. The van der Waals surface area contributed by atoms with E-state index in [9.17, 15) is 0 Å². The van der Waals surface area contributed by atoms with Gasteiger partial charge in [0.15, 0.2) is 10.8 Å². The molecular formula is C12H18N4OS. The van der Waals surface area contributed by atoms with Crippen molar-refractivity contribution in [3.05, 3.63) is 17.3 Å². The first-order valence-electron chi connectivity index (χ1n) is 6.23. The third kappa shape index (κ3) is 1.81. The largest absolute Gasteiger partial charge is 0.375 e. The van der Waals surface area contributed by atoms with Crippen molar-refractivity contribution in [2.45, 2.75) is 32.5 Å². The second kappa shape index (κ2) is 4.53. The maximum atomic E-state index is 5.89. The molecule has 2 N–H and O–H groups in total. The Hall–Kier alpha value is -1.11. The van der Waals surface area contributed by atoms with E-state index in [2.05, 4.69) is 23.1 Å². The summed E-state index contributed by atoms with van der Waals surface area (Å²) in [6.45, 7) is 6.39. The second-order valence-corrected chi connectivity index (χ2v) is 5.66. The van der Waals surface area contributed by atoms with Crippen molar-refractivity contribution in [1.82, 2.24) is 9.38 Å². The van der Waals surface area contributed by atoms with Crippen molar-refractivity contribution in [2.24, 2.45) is 5.73 Å². The Kier molecular flexibility index (Phi) is 3.01. The molecule has 1 saturated heterocycles. The average molecular weight is 266 g/mol. The fourth-order valence-corrected chi connectivity index (χ4v) is 3.17. The highest BCUT2D eigenvalue weighted by atomic mass is 32.1.